The molecule has 5 atom stereocenters. The van der Waals surface area contributed by atoms with Gasteiger partial charge < -0.3 is 25.2 Å². The highest BCUT2D eigenvalue weighted by atomic mass is 16.5. The lowest BCUT2D eigenvalue weighted by Gasteiger charge is -2.53. The van der Waals surface area contributed by atoms with Gasteiger partial charge in [0.05, 0.1) is 18.2 Å². The van der Waals surface area contributed by atoms with Crippen molar-refractivity contribution >= 4 is 5.91 Å². The quantitative estimate of drug-likeness (QED) is 0.770. The van der Waals surface area contributed by atoms with Crippen molar-refractivity contribution in [2.75, 3.05) is 13.1 Å². The smallest absolute Gasteiger partial charge is 0.239 e. The molecule has 6 heteroatoms. The van der Waals surface area contributed by atoms with E-state index in [2.05, 4.69) is 19.9 Å². The zero-order valence-electron chi connectivity index (χ0n) is 18.7. The van der Waals surface area contributed by atoms with Crippen LogP contribution in [0.1, 0.15) is 43.9 Å². The van der Waals surface area contributed by atoms with E-state index in [1.165, 1.54) is 0 Å². The van der Waals surface area contributed by atoms with E-state index < -0.39 is 6.04 Å². The van der Waals surface area contributed by atoms with E-state index in [0.717, 1.165) is 29.7 Å². The second-order valence-electron chi connectivity index (χ2n) is 9.99. The summed E-state index contributed by atoms with van der Waals surface area (Å²) in [7, 11) is 0. The molecule has 2 aromatic rings. The van der Waals surface area contributed by atoms with Crippen molar-refractivity contribution in [2.45, 2.75) is 57.0 Å². The third-order valence-electron chi connectivity index (χ3n) is 7.42. The van der Waals surface area contributed by atoms with Crippen molar-refractivity contribution in [3.63, 3.8) is 0 Å². The van der Waals surface area contributed by atoms with E-state index in [1.54, 1.807) is 12.1 Å². The zero-order chi connectivity index (χ0) is 22.5. The number of carbonyl (C=O) groups is 1. The maximum Gasteiger partial charge on any atom is 0.239 e. The molecule has 0 saturated carbocycles. The molecule has 6 nitrogen and oxygen atoms in total. The Morgan fingerprint density at radius 3 is 2.75 bits per heavy atom. The summed E-state index contributed by atoms with van der Waals surface area (Å²) in [6.07, 6.45) is 2.44. The van der Waals surface area contributed by atoms with Crippen LogP contribution in [0.2, 0.25) is 0 Å². The fourth-order valence-electron chi connectivity index (χ4n) is 5.66. The van der Waals surface area contributed by atoms with E-state index in [4.69, 9.17) is 15.2 Å². The first-order valence-corrected chi connectivity index (χ1v) is 11.6. The summed E-state index contributed by atoms with van der Waals surface area (Å²) in [5.74, 6) is 1.64. The normalized spacial score (nSPS) is 29.2. The maximum atomic E-state index is 13.1. The van der Waals surface area contributed by atoms with Crippen LogP contribution in [-0.2, 0) is 16.0 Å². The number of piperidine rings is 1. The molecule has 3 aliphatic rings. The van der Waals surface area contributed by atoms with Crippen molar-refractivity contribution in [2.24, 2.45) is 17.6 Å². The molecule has 32 heavy (non-hydrogen) atoms. The number of amides is 1. The summed E-state index contributed by atoms with van der Waals surface area (Å²) in [6.45, 7) is 5.63. The number of aromatic hydroxyl groups is 1. The number of phenols is 1. The van der Waals surface area contributed by atoms with Gasteiger partial charge in [-0.05, 0) is 56.9 Å². The molecule has 0 spiro atoms. The fraction of sp³-hybridized carbons (Fsp3) is 0.500. The van der Waals surface area contributed by atoms with Crippen molar-refractivity contribution in [3.8, 4) is 11.5 Å². The Morgan fingerprint density at radius 2 is 1.97 bits per heavy atom. The van der Waals surface area contributed by atoms with Gasteiger partial charge in [0, 0.05) is 30.5 Å². The Kier molecular flexibility index (Phi) is 5.38. The molecule has 0 aliphatic carbocycles. The molecule has 3 N–H and O–H groups in total. The molecular weight excluding hydrogens is 404 g/mol. The van der Waals surface area contributed by atoms with E-state index >= 15 is 0 Å². The topological polar surface area (TPSA) is 85.0 Å². The Morgan fingerprint density at radius 1 is 1.22 bits per heavy atom. The molecule has 1 amide bonds. The van der Waals surface area contributed by atoms with Gasteiger partial charge in [0.15, 0.2) is 0 Å². The van der Waals surface area contributed by atoms with Crippen LogP contribution in [0.5, 0.6) is 11.5 Å². The second kappa shape index (κ2) is 8.09. The lowest BCUT2D eigenvalue weighted by Crippen LogP contribution is -2.57. The largest absolute Gasteiger partial charge is 0.508 e. The first-order valence-electron chi connectivity index (χ1n) is 11.6. The summed E-state index contributed by atoms with van der Waals surface area (Å²) in [5, 5.41) is 9.46. The molecule has 2 aromatic carbocycles. The van der Waals surface area contributed by atoms with Crippen LogP contribution in [0.3, 0.4) is 0 Å². The van der Waals surface area contributed by atoms with Crippen molar-refractivity contribution in [1.82, 2.24) is 4.90 Å². The summed E-state index contributed by atoms with van der Waals surface area (Å²) in [4.78, 5) is 15.0. The number of ether oxygens (including phenoxy) is 2. The summed E-state index contributed by atoms with van der Waals surface area (Å²) in [5.41, 5.74) is 8.05. The molecule has 2 saturated heterocycles. The van der Waals surface area contributed by atoms with Gasteiger partial charge in [-0.2, -0.15) is 0 Å². The minimum absolute atomic E-state index is 0.0110. The third kappa shape index (κ3) is 3.86. The number of benzene rings is 2. The lowest BCUT2D eigenvalue weighted by molar-refractivity contribution is -0.189. The first-order chi connectivity index (χ1) is 15.3. The number of carbonyl (C=O) groups excluding carboxylic acids is 1. The summed E-state index contributed by atoms with van der Waals surface area (Å²) < 4.78 is 13.0. The molecule has 3 aliphatic heterocycles. The summed E-state index contributed by atoms with van der Waals surface area (Å²) >= 11 is 0. The monoisotopic (exact) mass is 436 g/mol. The highest BCUT2D eigenvalue weighted by molar-refractivity contribution is 5.82. The Labute approximate surface area is 189 Å². The van der Waals surface area contributed by atoms with Gasteiger partial charge in [-0.25, -0.2) is 0 Å². The fourth-order valence-corrected chi connectivity index (χ4v) is 5.66. The number of rotatable bonds is 3. The maximum absolute atomic E-state index is 13.1. The molecule has 0 bridgehead atoms. The average Bonchev–Trinajstić information content (AvgIpc) is 2.78. The number of para-hydroxylation sites is 1. The predicted octanol–water partition coefficient (Wildman–Crippen LogP) is 3.43. The van der Waals surface area contributed by atoms with Gasteiger partial charge in [0.1, 0.15) is 17.1 Å². The van der Waals surface area contributed by atoms with Gasteiger partial charge in [-0.1, -0.05) is 30.3 Å². The number of likely N-dealkylation sites (tertiary alicyclic amines) is 1. The predicted molar refractivity (Wildman–Crippen MR) is 121 cm³/mol. The van der Waals surface area contributed by atoms with Crippen molar-refractivity contribution < 1.29 is 19.4 Å². The number of fused-ring (bicyclic) bond motifs is 4. The van der Waals surface area contributed by atoms with E-state index in [9.17, 15) is 9.90 Å². The van der Waals surface area contributed by atoms with Crippen molar-refractivity contribution in [3.05, 3.63) is 59.7 Å². The first kappa shape index (κ1) is 21.3. The van der Waals surface area contributed by atoms with E-state index in [0.29, 0.717) is 19.5 Å². The minimum Gasteiger partial charge on any atom is -0.508 e. The third-order valence-corrected chi connectivity index (χ3v) is 7.42. The minimum atomic E-state index is -0.588. The van der Waals surface area contributed by atoms with Crippen LogP contribution in [0.25, 0.3) is 0 Å². The molecule has 0 unspecified atom stereocenters. The Hall–Kier alpha value is -2.57. The molecule has 5 rings (SSSR count). The number of nitrogens with two attached hydrogens (primary N) is 1. The molecule has 0 aromatic heterocycles. The van der Waals surface area contributed by atoms with Crippen LogP contribution in [0.4, 0.5) is 0 Å². The van der Waals surface area contributed by atoms with Crippen LogP contribution in [0.15, 0.2) is 48.5 Å². The molecule has 0 radical (unpaired) electrons. The second-order valence-corrected chi connectivity index (χ2v) is 9.99. The molecule has 3 heterocycles. The van der Waals surface area contributed by atoms with Gasteiger partial charge in [-0.15, -0.1) is 0 Å². The van der Waals surface area contributed by atoms with Crippen LogP contribution < -0.4 is 10.5 Å². The van der Waals surface area contributed by atoms with Gasteiger partial charge in [0.25, 0.3) is 0 Å². The number of nitrogens with zero attached hydrogens (tertiary/aromatic N) is 1. The van der Waals surface area contributed by atoms with Crippen LogP contribution >= 0.6 is 0 Å². The molecule has 170 valence electrons. The Bertz CT molecular complexity index is 990. The SMILES string of the molecule is CC1(C)Oc2ccccc2[C@@H]2O[C@@H]3CCN(C(=O)[C@@H](N)Cc4ccc(O)cc4)C[C@@H]3C[C@H]21. The van der Waals surface area contributed by atoms with Crippen LogP contribution in [0, 0.1) is 11.8 Å². The Balaban J connectivity index is 1.28. The summed E-state index contributed by atoms with van der Waals surface area (Å²) in [6, 6.07) is 14.5. The van der Waals surface area contributed by atoms with Crippen molar-refractivity contribution in [1.29, 1.82) is 0 Å². The number of hydrogen-bond donors (Lipinski definition) is 2. The lowest BCUT2D eigenvalue weighted by atomic mass is 9.70. The molecule has 2 fully saturated rings. The number of hydrogen-bond acceptors (Lipinski definition) is 5. The highest BCUT2D eigenvalue weighted by Crippen LogP contribution is 2.52. The van der Waals surface area contributed by atoms with Gasteiger partial charge in [0.2, 0.25) is 5.91 Å². The average molecular weight is 437 g/mol. The molecular formula is C26H32N2O4. The van der Waals surface area contributed by atoms with E-state index in [-0.39, 0.29) is 41.3 Å². The van der Waals surface area contributed by atoms with Gasteiger partial charge >= 0.3 is 0 Å². The zero-order valence-corrected chi connectivity index (χ0v) is 18.7. The van der Waals surface area contributed by atoms with Crippen LogP contribution in [-0.4, -0.2) is 46.7 Å². The number of phenolic OH excluding ortho intramolecular Hbond substituents is 1. The standard InChI is InChI=1S/C26H32N2O4/c1-26(2)20-14-17-15-28(25(30)21(27)13-16-7-9-18(29)10-8-16)12-11-22(17)31-24(20)19-5-3-4-6-23(19)32-26/h3-10,17,20-22,24,29H,11-15,27H2,1-2H3/t17-,20+,21-,22+,24-/m0/s1. The highest BCUT2D eigenvalue weighted by Gasteiger charge is 2.51. The van der Waals surface area contributed by atoms with E-state index in [1.807, 2.05) is 35.2 Å². The van der Waals surface area contributed by atoms with Gasteiger partial charge in [-0.3, -0.25) is 4.79 Å².